The van der Waals surface area contributed by atoms with Gasteiger partial charge in [-0.25, -0.2) is 0 Å². The van der Waals surface area contributed by atoms with Crippen molar-refractivity contribution in [1.29, 1.82) is 0 Å². The van der Waals surface area contributed by atoms with Gasteiger partial charge < -0.3 is 10.0 Å². The standard InChI is InChI=1S/C8H16BNO/c1-7(5-10-9)4-8(2,3)6-11/h6-7,10H,4-5H2,1-3H3. The number of rotatable bonds is 5. The van der Waals surface area contributed by atoms with Crippen LogP contribution >= 0.6 is 0 Å². The maximum absolute atomic E-state index is 10.5. The van der Waals surface area contributed by atoms with Gasteiger partial charge >= 0.3 is 0 Å². The molecule has 1 atom stereocenters. The molecule has 0 aliphatic rings. The topological polar surface area (TPSA) is 29.1 Å². The van der Waals surface area contributed by atoms with Gasteiger partial charge in [0.15, 0.2) is 7.98 Å². The SMILES string of the molecule is [B]NCC(C)CC(C)(C)C=O. The minimum atomic E-state index is -0.212. The summed E-state index contributed by atoms with van der Waals surface area (Å²) in [4.78, 5) is 10.5. The summed E-state index contributed by atoms with van der Waals surface area (Å²) in [5, 5.41) is 2.60. The first kappa shape index (κ1) is 10.7. The summed E-state index contributed by atoms with van der Waals surface area (Å²) in [5.74, 6) is 0.445. The van der Waals surface area contributed by atoms with E-state index in [2.05, 4.69) is 12.2 Å². The van der Waals surface area contributed by atoms with Crippen LogP contribution in [0.1, 0.15) is 27.2 Å². The molecule has 0 spiro atoms. The molecule has 0 saturated heterocycles. The molecule has 11 heavy (non-hydrogen) atoms. The van der Waals surface area contributed by atoms with Gasteiger partial charge in [0.1, 0.15) is 6.29 Å². The van der Waals surface area contributed by atoms with Crippen molar-refractivity contribution in [2.45, 2.75) is 27.2 Å². The fraction of sp³-hybridized carbons (Fsp3) is 0.875. The van der Waals surface area contributed by atoms with Crippen molar-refractivity contribution in [3.63, 3.8) is 0 Å². The molecule has 0 aromatic heterocycles. The molecule has 0 aliphatic carbocycles. The molecular formula is C8H16BNO. The van der Waals surface area contributed by atoms with E-state index in [4.69, 9.17) is 7.98 Å². The van der Waals surface area contributed by atoms with E-state index in [-0.39, 0.29) is 5.41 Å². The first-order chi connectivity index (χ1) is 5.02. The molecule has 1 N–H and O–H groups in total. The van der Waals surface area contributed by atoms with Gasteiger partial charge in [-0.05, 0) is 18.9 Å². The molecule has 0 aromatic carbocycles. The van der Waals surface area contributed by atoms with Crippen molar-refractivity contribution >= 4 is 14.3 Å². The fourth-order valence-corrected chi connectivity index (χ4v) is 1.22. The predicted octanol–water partition coefficient (Wildman–Crippen LogP) is 0.911. The second kappa shape index (κ2) is 4.55. The van der Waals surface area contributed by atoms with Crippen LogP contribution in [-0.2, 0) is 4.79 Å². The summed E-state index contributed by atoms with van der Waals surface area (Å²) in [7, 11) is 5.15. The lowest BCUT2D eigenvalue weighted by atomic mass is 9.85. The quantitative estimate of drug-likeness (QED) is 0.469. The Morgan fingerprint density at radius 3 is 2.55 bits per heavy atom. The van der Waals surface area contributed by atoms with Crippen LogP contribution in [0, 0.1) is 11.3 Å². The van der Waals surface area contributed by atoms with Gasteiger partial charge in [0.2, 0.25) is 0 Å². The molecule has 0 fully saturated rings. The summed E-state index contributed by atoms with van der Waals surface area (Å²) >= 11 is 0. The number of carbonyl (C=O) groups is 1. The monoisotopic (exact) mass is 153 g/mol. The summed E-state index contributed by atoms with van der Waals surface area (Å²) in [6.45, 7) is 6.71. The minimum Gasteiger partial charge on any atom is -0.366 e. The van der Waals surface area contributed by atoms with E-state index >= 15 is 0 Å². The van der Waals surface area contributed by atoms with Crippen molar-refractivity contribution in [2.75, 3.05) is 6.54 Å². The number of hydrogen-bond donors (Lipinski definition) is 1. The van der Waals surface area contributed by atoms with E-state index in [1.54, 1.807) is 0 Å². The van der Waals surface area contributed by atoms with Crippen molar-refractivity contribution in [2.24, 2.45) is 11.3 Å². The molecular weight excluding hydrogens is 137 g/mol. The van der Waals surface area contributed by atoms with Gasteiger partial charge in [-0.3, -0.25) is 0 Å². The first-order valence-corrected chi connectivity index (χ1v) is 3.91. The lowest BCUT2D eigenvalue weighted by Crippen LogP contribution is -2.24. The van der Waals surface area contributed by atoms with E-state index in [1.165, 1.54) is 0 Å². The van der Waals surface area contributed by atoms with Crippen molar-refractivity contribution in [3.8, 4) is 0 Å². The van der Waals surface area contributed by atoms with E-state index in [0.29, 0.717) is 5.92 Å². The highest BCUT2D eigenvalue weighted by atomic mass is 16.1. The Balaban J connectivity index is 3.72. The molecule has 0 amide bonds. The van der Waals surface area contributed by atoms with Crippen LogP contribution in [0.4, 0.5) is 0 Å². The summed E-state index contributed by atoms with van der Waals surface area (Å²) in [6.07, 6.45) is 1.88. The first-order valence-electron chi connectivity index (χ1n) is 3.91. The number of nitrogens with one attached hydrogen (secondary N) is 1. The molecule has 0 aliphatic heterocycles. The number of carbonyl (C=O) groups excluding carboxylic acids is 1. The molecule has 0 aromatic rings. The Morgan fingerprint density at radius 2 is 2.18 bits per heavy atom. The Morgan fingerprint density at radius 1 is 1.64 bits per heavy atom. The zero-order chi connectivity index (χ0) is 8.91. The normalized spacial score (nSPS) is 14.5. The Bertz CT molecular complexity index is 125. The van der Waals surface area contributed by atoms with Gasteiger partial charge in [-0.15, -0.1) is 0 Å². The number of aldehydes is 1. The van der Waals surface area contributed by atoms with Crippen LogP contribution in [0.5, 0.6) is 0 Å². The van der Waals surface area contributed by atoms with Crippen LogP contribution in [0.15, 0.2) is 0 Å². The Kier molecular flexibility index (Phi) is 4.42. The molecule has 62 valence electrons. The Labute approximate surface area is 70.2 Å². The molecule has 2 nitrogen and oxygen atoms in total. The van der Waals surface area contributed by atoms with Crippen molar-refractivity contribution < 1.29 is 4.79 Å². The van der Waals surface area contributed by atoms with Gasteiger partial charge in [0.25, 0.3) is 0 Å². The van der Waals surface area contributed by atoms with E-state index in [0.717, 1.165) is 19.3 Å². The van der Waals surface area contributed by atoms with Gasteiger partial charge in [-0.1, -0.05) is 20.8 Å². The highest BCUT2D eigenvalue weighted by Crippen LogP contribution is 2.21. The lowest BCUT2D eigenvalue weighted by Gasteiger charge is -2.21. The van der Waals surface area contributed by atoms with Crippen LogP contribution in [0.3, 0.4) is 0 Å². The molecule has 0 bridgehead atoms. The van der Waals surface area contributed by atoms with Crippen LogP contribution in [0.2, 0.25) is 0 Å². The third-order valence-corrected chi connectivity index (χ3v) is 1.66. The van der Waals surface area contributed by atoms with E-state index in [1.807, 2.05) is 13.8 Å². The van der Waals surface area contributed by atoms with Crippen molar-refractivity contribution in [3.05, 3.63) is 0 Å². The molecule has 0 heterocycles. The third kappa shape index (κ3) is 5.02. The zero-order valence-electron chi connectivity index (χ0n) is 7.55. The minimum absolute atomic E-state index is 0.212. The van der Waals surface area contributed by atoms with Crippen LogP contribution in [-0.4, -0.2) is 20.8 Å². The summed E-state index contributed by atoms with van der Waals surface area (Å²) in [6, 6.07) is 0. The average molecular weight is 153 g/mol. The second-order valence-corrected chi connectivity index (χ2v) is 3.82. The van der Waals surface area contributed by atoms with Crippen LogP contribution in [0.25, 0.3) is 0 Å². The zero-order valence-corrected chi connectivity index (χ0v) is 7.55. The van der Waals surface area contributed by atoms with Gasteiger partial charge in [0.05, 0.1) is 0 Å². The molecule has 0 rings (SSSR count). The molecule has 2 radical (unpaired) electrons. The molecule has 3 heteroatoms. The summed E-state index contributed by atoms with van der Waals surface area (Å²) < 4.78 is 0. The van der Waals surface area contributed by atoms with Gasteiger partial charge in [0, 0.05) is 5.41 Å². The van der Waals surface area contributed by atoms with E-state index in [9.17, 15) is 4.79 Å². The lowest BCUT2D eigenvalue weighted by molar-refractivity contribution is -0.115. The van der Waals surface area contributed by atoms with Gasteiger partial charge in [-0.2, -0.15) is 0 Å². The number of hydrogen-bond acceptors (Lipinski definition) is 2. The highest BCUT2D eigenvalue weighted by molar-refractivity contribution is 6.04. The fourth-order valence-electron chi connectivity index (χ4n) is 1.22. The second-order valence-electron chi connectivity index (χ2n) is 3.82. The third-order valence-electron chi connectivity index (χ3n) is 1.66. The van der Waals surface area contributed by atoms with Crippen LogP contribution < -0.4 is 5.23 Å². The Hall–Kier alpha value is -0.305. The predicted molar refractivity (Wildman–Crippen MR) is 47.4 cm³/mol. The largest absolute Gasteiger partial charge is 0.366 e. The van der Waals surface area contributed by atoms with Crippen molar-refractivity contribution in [1.82, 2.24) is 5.23 Å². The maximum Gasteiger partial charge on any atom is 0.177 e. The summed E-state index contributed by atoms with van der Waals surface area (Å²) in [5.41, 5.74) is -0.212. The average Bonchev–Trinajstić information content (AvgIpc) is 1.87. The molecule has 0 saturated carbocycles. The van der Waals surface area contributed by atoms with E-state index < -0.39 is 0 Å². The maximum atomic E-state index is 10.5. The smallest absolute Gasteiger partial charge is 0.177 e. The highest BCUT2D eigenvalue weighted by Gasteiger charge is 2.19. The molecule has 1 unspecified atom stereocenters.